The molecular weight excluding hydrogens is 244 g/mol. The molecule has 1 aromatic carbocycles. The van der Waals surface area contributed by atoms with Crippen molar-refractivity contribution in [3.63, 3.8) is 0 Å². The second-order valence-corrected chi connectivity index (χ2v) is 3.86. The van der Waals surface area contributed by atoms with E-state index < -0.39 is 0 Å². The van der Waals surface area contributed by atoms with Crippen molar-refractivity contribution in [3.8, 4) is 11.3 Å². The SMILES string of the molecule is O=C(Nc1ccc(-c2ccn[nH]2)cc1)c1cn[nH]n1. The van der Waals surface area contributed by atoms with Gasteiger partial charge in [-0.25, -0.2) is 0 Å². The molecule has 3 aromatic rings. The van der Waals surface area contributed by atoms with Crippen LogP contribution in [0.25, 0.3) is 11.3 Å². The number of hydrogen-bond donors (Lipinski definition) is 3. The Balaban J connectivity index is 1.75. The number of aromatic nitrogens is 5. The van der Waals surface area contributed by atoms with Gasteiger partial charge in [-0.05, 0) is 23.8 Å². The van der Waals surface area contributed by atoms with Crippen LogP contribution in [0, 0.1) is 0 Å². The number of benzene rings is 1. The summed E-state index contributed by atoms with van der Waals surface area (Å²) >= 11 is 0. The standard InChI is InChI=1S/C12H10N6O/c19-12(11-7-14-18-17-11)15-9-3-1-8(2-4-9)10-5-6-13-16-10/h1-7H,(H,13,16)(H,15,19)(H,14,17,18). The molecule has 94 valence electrons. The van der Waals surface area contributed by atoms with Crippen LogP contribution in [-0.2, 0) is 0 Å². The minimum atomic E-state index is -0.303. The van der Waals surface area contributed by atoms with E-state index >= 15 is 0 Å². The lowest BCUT2D eigenvalue weighted by Crippen LogP contribution is -2.12. The molecule has 0 saturated heterocycles. The molecular formula is C12H10N6O. The van der Waals surface area contributed by atoms with E-state index in [4.69, 9.17) is 0 Å². The lowest BCUT2D eigenvalue weighted by Gasteiger charge is -2.03. The van der Waals surface area contributed by atoms with Crippen molar-refractivity contribution < 1.29 is 4.79 Å². The number of H-pyrrole nitrogens is 2. The first-order valence-corrected chi connectivity index (χ1v) is 5.60. The van der Waals surface area contributed by atoms with Gasteiger partial charge in [0.2, 0.25) is 0 Å². The van der Waals surface area contributed by atoms with Crippen molar-refractivity contribution in [2.75, 3.05) is 5.32 Å². The van der Waals surface area contributed by atoms with Crippen LogP contribution in [-0.4, -0.2) is 31.5 Å². The van der Waals surface area contributed by atoms with E-state index in [2.05, 4.69) is 30.9 Å². The van der Waals surface area contributed by atoms with Crippen LogP contribution in [0.5, 0.6) is 0 Å². The van der Waals surface area contributed by atoms with E-state index in [-0.39, 0.29) is 11.6 Å². The molecule has 0 spiro atoms. The van der Waals surface area contributed by atoms with Crippen molar-refractivity contribution in [2.24, 2.45) is 0 Å². The number of carbonyl (C=O) groups excluding carboxylic acids is 1. The number of amides is 1. The number of aromatic amines is 2. The monoisotopic (exact) mass is 254 g/mol. The fourth-order valence-electron chi connectivity index (χ4n) is 1.66. The molecule has 3 N–H and O–H groups in total. The summed E-state index contributed by atoms with van der Waals surface area (Å²) < 4.78 is 0. The van der Waals surface area contributed by atoms with E-state index in [0.717, 1.165) is 11.3 Å². The van der Waals surface area contributed by atoms with Crippen LogP contribution in [0.3, 0.4) is 0 Å². The number of carbonyl (C=O) groups is 1. The summed E-state index contributed by atoms with van der Waals surface area (Å²) in [5, 5.41) is 19.2. The summed E-state index contributed by atoms with van der Waals surface area (Å²) in [5.74, 6) is -0.303. The van der Waals surface area contributed by atoms with Crippen molar-refractivity contribution in [1.82, 2.24) is 25.6 Å². The number of nitrogens with one attached hydrogen (secondary N) is 3. The minimum absolute atomic E-state index is 0.248. The fourth-order valence-corrected chi connectivity index (χ4v) is 1.66. The van der Waals surface area contributed by atoms with Gasteiger partial charge in [-0.3, -0.25) is 9.89 Å². The van der Waals surface area contributed by atoms with Gasteiger partial charge in [0.05, 0.1) is 11.9 Å². The van der Waals surface area contributed by atoms with Gasteiger partial charge in [0.25, 0.3) is 5.91 Å². The topological polar surface area (TPSA) is 99.4 Å². The van der Waals surface area contributed by atoms with E-state index in [9.17, 15) is 4.79 Å². The molecule has 0 bridgehead atoms. The third-order valence-corrected chi connectivity index (χ3v) is 2.60. The Morgan fingerprint density at radius 2 is 1.95 bits per heavy atom. The van der Waals surface area contributed by atoms with E-state index in [1.54, 1.807) is 6.20 Å². The zero-order valence-corrected chi connectivity index (χ0v) is 9.79. The lowest BCUT2D eigenvalue weighted by molar-refractivity contribution is 0.102. The lowest BCUT2D eigenvalue weighted by atomic mass is 10.1. The maximum atomic E-state index is 11.7. The highest BCUT2D eigenvalue weighted by Gasteiger charge is 2.08. The average Bonchev–Trinajstić information content (AvgIpc) is 3.13. The van der Waals surface area contributed by atoms with Gasteiger partial charge in [-0.15, -0.1) is 0 Å². The highest BCUT2D eigenvalue weighted by Crippen LogP contribution is 2.19. The van der Waals surface area contributed by atoms with Gasteiger partial charge in [0.1, 0.15) is 0 Å². The number of hydrogen-bond acceptors (Lipinski definition) is 4. The Kier molecular flexibility index (Phi) is 2.77. The second-order valence-electron chi connectivity index (χ2n) is 3.86. The zero-order valence-electron chi connectivity index (χ0n) is 9.79. The van der Waals surface area contributed by atoms with Gasteiger partial charge in [-0.2, -0.15) is 20.5 Å². The molecule has 0 aliphatic rings. The van der Waals surface area contributed by atoms with Crippen molar-refractivity contribution in [1.29, 1.82) is 0 Å². The fraction of sp³-hybridized carbons (Fsp3) is 0. The summed E-state index contributed by atoms with van der Waals surface area (Å²) in [6, 6.07) is 9.29. The van der Waals surface area contributed by atoms with E-state index in [1.807, 2.05) is 30.3 Å². The Labute approximate surface area is 108 Å². The molecule has 7 nitrogen and oxygen atoms in total. The minimum Gasteiger partial charge on any atom is -0.321 e. The van der Waals surface area contributed by atoms with E-state index in [1.165, 1.54) is 6.20 Å². The molecule has 2 aromatic heterocycles. The van der Waals surface area contributed by atoms with Crippen molar-refractivity contribution in [3.05, 3.63) is 48.4 Å². The summed E-state index contributed by atoms with van der Waals surface area (Å²) in [6.07, 6.45) is 3.06. The van der Waals surface area contributed by atoms with Gasteiger partial charge >= 0.3 is 0 Å². The molecule has 3 rings (SSSR count). The molecule has 0 aliphatic carbocycles. The molecule has 0 saturated carbocycles. The van der Waals surface area contributed by atoms with Crippen LogP contribution in [0.15, 0.2) is 42.7 Å². The van der Waals surface area contributed by atoms with Gasteiger partial charge in [0, 0.05) is 11.9 Å². The number of rotatable bonds is 3. The third-order valence-electron chi connectivity index (χ3n) is 2.60. The maximum absolute atomic E-state index is 11.7. The van der Waals surface area contributed by atoms with Gasteiger partial charge in [-0.1, -0.05) is 12.1 Å². The third kappa shape index (κ3) is 2.34. The molecule has 19 heavy (non-hydrogen) atoms. The first-order valence-electron chi connectivity index (χ1n) is 5.60. The molecule has 1 amide bonds. The van der Waals surface area contributed by atoms with E-state index in [0.29, 0.717) is 5.69 Å². The molecule has 0 fully saturated rings. The van der Waals surface area contributed by atoms with Crippen LogP contribution >= 0.6 is 0 Å². The molecule has 0 unspecified atom stereocenters. The van der Waals surface area contributed by atoms with Crippen LogP contribution in [0.2, 0.25) is 0 Å². The average molecular weight is 254 g/mol. The smallest absolute Gasteiger partial charge is 0.277 e. The summed E-state index contributed by atoms with van der Waals surface area (Å²) in [6.45, 7) is 0. The molecule has 0 radical (unpaired) electrons. The van der Waals surface area contributed by atoms with Crippen molar-refractivity contribution >= 4 is 11.6 Å². The molecule has 7 heteroatoms. The summed E-state index contributed by atoms with van der Waals surface area (Å²) in [4.78, 5) is 11.7. The predicted molar refractivity (Wildman–Crippen MR) is 68.4 cm³/mol. The largest absolute Gasteiger partial charge is 0.321 e. The molecule has 0 aliphatic heterocycles. The van der Waals surface area contributed by atoms with Crippen LogP contribution in [0.4, 0.5) is 5.69 Å². The Bertz CT molecular complexity index is 657. The Morgan fingerprint density at radius 3 is 2.58 bits per heavy atom. The highest BCUT2D eigenvalue weighted by molar-refractivity contribution is 6.02. The zero-order chi connectivity index (χ0) is 13.1. The Morgan fingerprint density at radius 1 is 1.11 bits per heavy atom. The molecule has 0 atom stereocenters. The Hall–Kier alpha value is -2.96. The van der Waals surface area contributed by atoms with Crippen LogP contribution < -0.4 is 5.32 Å². The first-order chi connectivity index (χ1) is 9.33. The highest BCUT2D eigenvalue weighted by atomic mass is 16.2. The summed E-state index contributed by atoms with van der Waals surface area (Å²) in [5.41, 5.74) is 2.86. The summed E-state index contributed by atoms with van der Waals surface area (Å²) in [7, 11) is 0. The van der Waals surface area contributed by atoms with Crippen molar-refractivity contribution in [2.45, 2.75) is 0 Å². The van der Waals surface area contributed by atoms with Crippen LogP contribution in [0.1, 0.15) is 10.5 Å². The number of nitrogens with zero attached hydrogens (tertiary/aromatic N) is 3. The molecule has 2 heterocycles. The maximum Gasteiger partial charge on any atom is 0.277 e. The first kappa shape index (κ1) is 11.1. The quantitative estimate of drug-likeness (QED) is 0.658. The second kappa shape index (κ2) is 4.73. The number of anilines is 1. The van der Waals surface area contributed by atoms with Gasteiger partial charge < -0.3 is 5.32 Å². The normalized spacial score (nSPS) is 10.3. The van der Waals surface area contributed by atoms with Gasteiger partial charge in [0.15, 0.2) is 5.69 Å². The predicted octanol–water partition coefficient (Wildman–Crippen LogP) is 1.45.